The number of halogens is 1. The van der Waals surface area contributed by atoms with Crippen molar-refractivity contribution in [3.63, 3.8) is 0 Å². The largest absolute Gasteiger partial charge is 0.325 e. The zero-order valence-electron chi connectivity index (χ0n) is 10.7. The highest BCUT2D eigenvalue weighted by molar-refractivity contribution is 9.10. The summed E-state index contributed by atoms with van der Waals surface area (Å²) in [5.41, 5.74) is 1.15. The van der Waals surface area contributed by atoms with Crippen LogP contribution in [0.15, 0.2) is 28.7 Å². The van der Waals surface area contributed by atoms with Gasteiger partial charge in [0.25, 0.3) is 0 Å². The number of carbonyl (C=O) groups excluding carboxylic acids is 1. The van der Waals surface area contributed by atoms with Crippen LogP contribution in [0.25, 0.3) is 0 Å². The molecule has 0 atom stereocenters. The van der Waals surface area contributed by atoms with Crippen molar-refractivity contribution >= 4 is 22.0 Å². The molecule has 0 saturated carbocycles. The zero-order chi connectivity index (χ0) is 13.0. The van der Waals surface area contributed by atoms with Gasteiger partial charge in [-0.15, -0.1) is 0 Å². The quantitative estimate of drug-likeness (QED) is 0.820. The van der Waals surface area contributed by atoms with Gasteiger partial charge in [-0.3, -0.25) is 0 Å². The first-order chi connectivity index (χ1) is 8.66. The Morgan fingerprint density at radius 3 is 2.72 bits per heavy atom. The number of hydrogen-bond donors (Lipinski definition) is 0. The maximum atomic E-state index is 12.2. The fraction of sp³-hybridized carbons (Fsp3) is 0.500. The maximum Gasteiger partial charge on any atom is 0.320 e. The molecule has 4 heteroatoms. The van der Waals surface area contributed by atoms with E-state index in [1.807, 2.05) is 30.1 Å². The number of hydrogen-bond acceptors (Lipinski definition) is 1. The molecule has 0 radical (unpaired) electrons. The lowest BCUT2D eigenvalue weighted by atomic mass is 10.1. The van der Waals surface area contributed by atoms with Crippen molar-refractivity contribution in [2.24, 2.45) is 0 Å². The maximum absolute atomic E-state index is 12.2. The molecule has 1 fully saturated rings. The second kappa shape index (κ2) is 6.23. The van der Waals surface area contributed by atoms with E-state index in [2.05, 4.69) is 22.0 Å². The molecule has 18 heavy (non-hydrogen) atoms. The van der Waals surface area contributed by atoms with Crippen LogP contribution in [0.1, 0.15) is 24.8 Å². The molecular formula is C14H19BrN2O. The molecule has 1 saturated heterocycles. The standard InChI is InChI=1S/C14H19BrN2O/c1-16(11-12-6-5-7-13(15)10-12)14(18)17-8-3-2-4-9-17/h5-7,10H,2-4,8-9,11H2,1H3. The highest BCUT2D eigenvalue weighted by atomic mass is 79.9. The molecule has 1 aliphatic rings. The Kier molecular flexibility index (Phi) is 4.64. The molecule has 1 aromatic carbocycles. The molecule has 1 aromatic rings. The number of piperidine rings is 1. The summed E-state index contributed by atoms with van der Waals surface area (Å²) in [7, 11) is 1.87. The predicted molar refractivity (Wildman–Crippen MR) is 76.4 cm³/mol. The van der Waals surface area contributed by atoms with E-state index in [0.717, 1.165) is 36.0 Å². The van der Waals surface area contributed by atoms with Gasteiger partial charge >= 0.3 is 6.03 Å². The average molecular weight is 311 g/mol. The normalized spacial score (nSPS) is 15.6. The molecular weight excluding hydrogens is 292 g/mol. The van der Waals surface area contributed by atoms with Crippen molar-refractivity contribution in [3.8, 4) is 0 Å². The van der Waals surface area contributed by atoms with Crippen LogP contribution in [0.5, 0.6) is 0 Å². The smallest absolute Gasteiger partial charge is 0.320 e. The van der Waals surface area contributed by atoms with E-state index in [1.54, 1.807) is 4.90 Å². The van der Waals surface area contributed by atoms with E-state index in [-0.39, 0.29) is 6.03 Å². The van der Waals surface area contributed by atoms with Gasteiger partial charge < -0.3 is 9.80 Å². The summed E-state index contributed by atoms with van der Waals surface area (Å²) < 4.78 is 1.05. The van der Waals surface area contributed by atoms with Crippen molar-refractivity contribution in [2.75, 3.05) is 20.1 Å². The molecule has 98 valence electrons. The van der Waals surface area contributed by atoms with Crippen LogP contribution in [-0.2, 0) is 6.54 Å². The molecule has 3 nitrogen and oxygen atoms in total. The van der Waals surface area contributed by atoms with E-state index in [1.165, 1.54) is 6.42 Å². The highest BCUT2D eigenvalue weighted by Crippen LogP contribution is 2.15. The van der Waals surface area contributed by atoms with Crippen LogP contribution >= 0.6 is 15.9 Å². The van der Waals surface area contributed by atoms with Crippen LogP contribution < -0.4 is 0 Å². The average Bonchev–Trinajstić information content (AvgIpc) is 2.39. The molecule has 0 aromatic heterocycles. The number of rotatable bonds is 2. The molecule has 2 rings (SSSR count). The van der Waals surface area contributed by atoms with Crippen LogP contribution in [0.2, 0.25) is 0 Å². The lowest BCUT2D eigenvalue weighted by Crippen LogP contribution is -2.43. The van der Waals surface area contributed by atoms with Crippen LogP contribution in [0.4, 0.5) is 4.79 Å². The van der Waals surface area contributed by atoms with Crippen molar-refractivity contribution in [1.29, 1.82) is 0 Å². The van der Waals surface area contributed by atoms with Crippen LogP contribution in [-0.4, -0.2) is 36.0 Å². The van der Waals surface area contributed by atoms with Crippen LogP contribution in [0.3, 0.4) is 0 Å². The van der Waals surface area contributed by atoms with Crippen molar-refractivity contribution in [2.45, 2.75) is 25.8 Å². The van der Waals surface area contributed by atoms with Gasteiger partial charge in [0.05, 0.1) is 0 Å². The molecule has 2 amide bonds. The van der Waals surface area contributed by atoms with Crippen LogP contribution in [0, 0.1) is 0 Å². The van der Waals surface area contributed by atoms with Gasteiger partial charge in [-0.2, -0.15) is 0 Å². The lowest BCUT2D eigenvalue weighted by Gasteiger charge is -2.31. The summed E-state index contributed by atoms with van der Waals surface area (Å²) in [5.74, 6) is 0. The highest BCUT2D eigenvalue weighted by Gasteiger charge is 2.19. The molecule has 0 bridgehead atoms. The monoisotopic (exact) mass is 310 g/mol. The van der Waals surface area contributed by atoms with E-state index < -0.39 is 0 Å². The summed E-state index contributed by atoms with van der Waals surface area (Å²) in [6.07, 6.45) is 3.52. The van der Waals surface area contributed by atoms with E-state index in [0.29, 0.717) is 6.54 Å². The summed E-state index contributed by atoms with van der Waals surface area (Å²) in [6.45, 7) is 2.47. The molecule has 1 aliphatic heterocycles. The second-order valence-corrected chi connectivity index (χ2v) is 5.73. The van der Waals surface area contributed by atoms with Crippen molar-refractivity contribution < 1.29 is 4.79 Å². The molecule has 0 aliphatic carbocycles. The Morgan fingerprint density at radius 2 is 2.06 bits per heavy atom. The van der Waals surface area contributed by atoms with Gasteiger partial charge in [-0.25, -0.2) is 4.79 Å². The Bertz CT molecular complexity index is 416. The first-order valence-corrected chi connectivity index (χ1v) is 7.20. The van der Waals surface area contributed by atoms with Gasteiger partial charge in [0, 0.05) is 31.2 Å². The predicted octanol–water partition coefficient (Wildman–Crippen LogP) is 3.49. The molecule has 0 unspecified atom stereocenters. The van der Waals surface area contributed by atoms with E-state index in [9.17, 15) is 4.79 Å². The SMILES string of the molecule is CN(Cc1cccc(Br)c1)C(=O)N1CCCCC1. The summed E-state index contributed by atoms with van der Waals surface area (Å²) in [6, 6.07) is 8.24. The lowest BCUT2D eigenvalue weighted by molar-refractivity contribution is 0.151. The van der Waals surface area contributed by atoms with Gasteiger partial charge in [-0.05, 0) is 37.0 Å². The Hall–Kier alpha value is -1.03. The minimum Gasteiger partial charge on any atom is -0.325 e. The fourth-order valence-electron chi connectivity index (χ4n) is 2.30. The minimum absolute atomic E-state index is 0.148. The topological polar surface area (TPSA) is 23.6 Å². The summed E-state index contributed by atoms with van der Waals surface area (Å²) in [5, 5.41) is 0. The number of amides is 2. The van der Waals surface area contributed by atoms with Gasteiger partial charge in [0.2, 0.25) is 0 Å². The third-order valence-electron chi connectivity index (χ3n) is 3.26. The van der Waals surface area contributed by atoms with E-state index in [4.69, 9.17) is 0 Å². The Morgan fingerprint density at radius 1 is 1.33 bits per heavy atom. The third kappa shape index (κ3) is 3.48. The van der Waals surface area contributed by atoms with Gasteiger partial charge in [0.15, 0.2) is 0 Å². The molecule has 0 N–H and O–H groups in total. The first kappa shape index (κ1) is 13.4. The summed E-state index contributed by atoms with van der Waals surface area (Å²) >= 11 is 3.45. The second-order valence-electron chi connectivity index (χ2n) is 4.82. The fourth-order valence-corrected chi connectivity index (χ4v) is 2.75. The third-order valence-corrected chi connectivity index (χ3v) is 3.76. The Balaban J connectivity index is 1.94. The molecule has 1 heterocycles. The zero-order valence-corrected chi connectivity index (χ0v) is 12.3. The Labute approximate surface area is 117 Å². The van der Waals surface area contributed by atoms with Crippen molar-refractivity contribution in [3.05, 3.63) is 34.3 Å². The molecule has 0 spiro atoms. The van der Waals surface area contributed by atoms with E-state index >= 15 is 0 Å². The number of urea groups is 1. The number of likely N-dealkylation sites (tertiary alicyclic amines) is 1. The number of carbonyl (C=O) groups is 1. The number of nitrogens with zero attached hydrogens (tertiary/aromatic N) is 2. The van der Waals surface area contributed by atoms with Gasteiger partial charge in [0.1, 0.15) is 0 Å². The van der Waals surface area contributed by atoms with Gasteiger partial charge in [-0.1, -0.05) is 28.1 Å². The van der Waals surface area contributed by atoms with Crippen molar-refractivity contribution in [1.82, 2.24) is 9.80 Å². The first-order valence-electron chi connectivity index (χ1n) is 6.41. The number of benzene rings is 1. The summed E-state index contributed by atoms with van der Waals surface area (Å²) in [4.78, 5) is 16.0. The minimum atomic E-state index is 0.148.